The van der Waals surface area contributed by atoms with Gasteiger partial charge in [0.15, 0.2) is 11.5 Å². The first-order valence-corrected chi connectivity index (χ1v) is 6.77. The van der Waals surface area contributed by atoms with Crippen LogP contribution in [0.1, 0.15) is 10.4 Å². The number of carbonyl (C=O) groups excluding carboxylic acids is 1. The molecule has 0 radical (unpaired) electrons. The molecular formula is C14H18N2O4. The van der Waals surface area contributed by atoms with Crippen molar-refractivity contribution in [2.75, 3.05) is 46.5 Å². The number of benzene rings is 1. The van der Waals surface area contributed by atoms with Crippen LogP contribution in [0.5, 0.6) is 17.2 Å². The quantitative estimate of drug-likeness (QED) is 0.854. The molecule has 0 aromatic heterocycles. The molecule has 2 aliphatic rings. The van der Waals surface area contributed by atoms with E-state index >= 15 is 0 Å². The normalized spacial score (nSPS) is 17.8. The maximum absolute atomic E-state index is 12.5. The number of ether oxygens (including phenoxy) is 3. The van der Waals surface area contributed by atoms with Gasteiger partial charge in [0.05, 0.1) is 7.11 Å². The number of nitrogens with zero attached hydrogens (tertiary/aromatic N) is 1. The fraction of sp³-hybridized carbons (Fsp3) is 0.500. The van der Waals surface area contributed by atoms with Gasteiger partial charge in [0.1, 0.15) is 13.2 Å². The van der Waals surface area contributed by atoms with Crippen molar-refractivity contribution < 1.29 is 19.0 Å². The van der Waals surface area contributed by atoms with Crippen molar-refractivity contribution in [3.63, 3.8) is 0 Å². The third-order valence-corrected chi connectivity index (χ3v) is 3.48. The Kier molecular flexibility index (Phi) is 3.64. The lowest BCUT2D eigenvalue weighted by atomic mass is 10.1. The number of piperazine rings is 1. The molecular weight excluding hydrogens is 260 g/mol. The van der Waals surface area contributed by atoms with E-state index in [1.54, 1.807) is 19.2 Å². The van der Waals surface area contributed by atoms with E-state index in [-0.39, 0.29) is 5.91 Å². The number of amides is 1. The molecule has 1 N–H and O–H groups in total. The number of hydrogen-bond acceptors (Lipinski definition) is 5. The molecule has 1 amide bonds. The molecule has 0 unspecified atom stereocenters. The van der Waals surface area contributed by atoms with Crippen molar-refractivity contribution in [2.24, 2.45) is 0 Å². The van der Waals surface area contributed by atoms with Gasteiger partial charge >= 0.3 is 0 Å². The first-order valence-electron chi connectivity index (χ1n) is 6.77. The zero-order valence-corrected chi connectivity index (χ0v) is 11.5. The van der Waals surface area contributed by atoms with Gasteiger partial charge in [0.2, 0.25) is 5.75 Å². The molecule has 1 fully saturated rings. The third-order valence-electron chi connectivity index (χ3n) is 3.48. The standard InChI is InChI=1S/C14H18N2O4/c1-18-11-8-10(9-12-13(11)20-7-6-19-12)14(17)16-4-2-15-3-5-16/h8-9,15H,2-7H2,1H3. The van der Waals surface area contributed by atoms with Crippen LogP contribution >= 0.6 is 0 Å². The second-order valence-electron chi connectivity index (χ2n) is 4.74. The third kappa shape index (κ3) is 2.38. The van der Waals surface area contributed by atoms with Crippen LogP contribution in [0.3, 0.4) is 0 Å². The highest BCUT2D eigenvalue weighted by atomic mass is 16.6. The van der Waals surface area contributed by atoms with Crippen molar-refractivity contribution in [2.45, 2.75) is 0 Å². The Bertz CT molecular complexity index is 495. The van der Waals surface area contributed by atoms with Gasteiger partial charge in [-0.1, -0.05) is 0 Å². The molecule has 6 heteroatoms. The van der Waals surface area contributed by atoms with Crippen molar-refractivity contribution in [3.05, 3.63) is 17.7 Å². The lowest BCUT2D eigenvalue weighted by Crippen LogP contribution is -2.46. The van der Waals surface area contributed by atoms with Gasteiger partial charge in [-0.15, -0.1) is 0 Å². The first kappa shape index (κ1) is 13.1. The highest BCUT2D eigenvalue weighted by molar-refractivity contribution is 5.95. The Morgan fingerprint density at radius 3 is 2.75 bits per heavy atom. The molecule has 0 aliphatic carbocycles. The van der Waals surface area contributed by atoms with Gasteiger partial charge in [-0.3, -0.25) is 4.79 Å². The van der Waals surface area contributed by atoms with Crippen LogP contribution < -0.4 is 19.5 Å². The molecule has 2 heterocycles. The van der Waals surface area contributed by atoms with E-state index in [0.29, 0.717) is 36.0 Å². The zero-order valence-electron chi connectivity index (χ0n) is 11.5. The Morgan fingerprint density at radius 1 is 1.25 bits per heavy atom. The average Bonchev–Trinajstić information content (AvgIpc) is 2.54. The summed E-state index contributed by atoms with van der Waals surface area (Å²) in [5.74, 6) is 1.70. The first-order chi connectivity index (χ1) is 9.79. The largest absolute Gasteiger partial charge is 0.493 e. The molecule has 108 valence electrons. The predicted molar refractivity (Wildman–Crippen MR) is 72.8 cm³/mol. The van der Waals surface area contributed by atoms with E-state index in [9.17, 15) is 4.79 Å². The highest BCUT2D eigenvalue weighted by Gasteiger charge is 2.24. The fourth-order valence-corrected chi connectivity index (χ4v) is 2.45. The summed E-state index contributed by atoms with van der Waals surface area (Å²) in [5.41, 5.74) is 0.577. The zero-order chi connectivity index (χ0) is 13.9. The van der Waals surface area contributed by atoms with Gasteiger partial charge in [0, 0.05) is 31.7 Å². The molecule has 1 saturated heterocycles. The fourth-order valence-electron chi connectivity index (χ4n) is 2.45. The van der Waals surface area contributed by atoms with Gasteiger partial charge < -0.3 is 24.4 Å². The summed E-state index contributed by atoms with van der Waals surface area (Å²) in [6.45, 7) is 4.07. The molecule has 20 heavy (non-hydrogen) atoms. The van der Waals surface area contributed by atoms with E-state index in [2.05, 4.69) is 5.32 Å². The van der Waals surface area contributed by atoms with Crippen LogP contribution in [-0.2, 0) is 0 Å². The SMILES string of the molecule is COc1cc(C(=O)N2CCNCC2)cc2c1OCCO2. The molecule has 1 aromatic rings. The number of nitrogens with one attached hydrogen (secondary N) is 1. The second kappa shape index (κ2) is 5.58. The van der Waals surface area contributed by atoms with E-state index in [1.807, 2.05) is 4.90 Å². The maximum atomic E-state index is 12.5. The van der Waals surface area contributed by atoms with E-state index in [0.717, 1.165) is 26.2 Å². The van der Waals surface area contributed by atoms with E-state index in [4.69, 9.17) is 14.2 Å². The Balaban J connectivity index is 1.90. The van der Waals surface area contributed by atoms with Gasteiger partial charge in [-0.2, -0.15) is 0 Å². The summed E-state index contributed by atoms with van der Waals surface area (Å²) in [4.78, 5) is 14.3. The number of carbonyl (C=O) groups is 1. The number of methoxy groups -OCH3 is 1. The van der Waals surface area contributed by atoms with Crippen molar-refractivity contribution in [1.29, 1.82) is 0 Å². The van der Waals surface area contributed by atoms with Gasteiger partial charge in [0.25, 0.3) is 5.91 Å². The van der Waals surface area contributed by atoms with E-state index in [1.165, 1.54) is 0 Å². The molecule has 0 saturated carbocycles. The van der Waals surface area contributed by atoms with Gasteiger partial charge in [-0.25, -0.2) is 0 Å². The summed E-state index contributed by atoms with van der Waals surface area (Å²) in [6.07, 6.45) is 0. The Morgan fingerprint density at radius 2 is 2.00 bits per heavy atom. The minimum absolute atomic E-state index is 0.00164. The monoisotopic (exact) mass is 278 g/mol. The average molecular weight is 278 g/mol. The molecule has 1 aromatic carbocycles. The van der Waals surface area contributed by atoms with Crippen molar-refractivity contribution in [3.8, 4) is 17.2 Å². The summed E-state index contributed by atoms with van der Waals surface area (Å²) in [7, 11) is 1.56. The van der Waals surface area contributed by atoms with Gasteiger partial charge in [-0.05, 0) is 12.1 Å². The predicted octanol–water partition coefficient (Wildman–Crippen LogP) is 0.512. The lowest BCUT2D eigenvalue weighted by Gasteiger charge is -2.28. The molecule has 2 aliphatic heterocycles. The minimum atomic E-state index is 0.00164. The molecule has 0 atom stereocenters. The number of fused-ring (bicyclic) bond motifs is 1. The van der Waals surface area contributed by atoms with Crippen molar-refractivity contribution >= 4 is 5.91 Å². The van der Waals surface area contributed by atoms with Crippen LogP contribution in [0.2, 0.25) is 0 Å². The van der Waals surface area contributed by atoms with E-state index < -0.39 is 0 Å². The second-order valence-corrected chi connectivity index (χ2v) is 4.74. The highest BCUT2D eigenvalue weighted by Crippen LogP contribution is 2.40. The summed E-state index contributed by atoms with van der Waals surface area (Å²) < 4.78 is 16.4. The molecule has 3 rings (SSSR count). The lowest BCUT2D eigenvalue weighted by molar-refractivity contribution is 0.0734. The van der Waals surface area contributed by atoms with Crippen LogP contribution in [0, 0.1) is 0 Å². The summed E-state index contributed by atoms with van der Waals surface area (Å²) in [6, 6.07) is 3.46. The Hall–Kier alpha value is -1.95. The van der Waals surface area contributed by atoms with Crippen molar-refractivity contribution in [1.82, 2.24) is 10.2 Å². The number of rotatable bonds is 2. The summed E-state index contributed by atoms with van der Waals surface area (Å²) in [5, 5.41) is 3.23. The Labute approximate surface area is 117 Å². The minimum Gasteiger partial charge on any atom is -0.493 e. The summed E-state index contributed by atoms with van der Waals surface area (Å²) >= 11 is 0. The van der Waals surface area contributed by atoms with Crippen LogP contribution in [0.15, 0.2) is 12.1 Å². The van der Waals surface area contributed by atoms with Crippen LogP contribution in [0.25, 0.3) is 0 Å². The topological polar surface area (TPSA) is 60.0 Å². The maximum Gasteiger partial charge on any atom is 0.254 e. The smallest absolute Gasteiger partial charge is 0.254 e. The molecule has 0 spiro atoms. The van der Waals surface area contributed by atoms with Crippen LogP contribution in [-0.4, -0.2) is 57.3 Å². The molecule has 0 bridgehead atoms. The number of hydrogen-bond donors (Lipinski definition) is 1. The van der Waals surface area contributed by atoms with Crippen LogP contribution in [0.4, 0.5) is 0 Å². The molecule has 6 nitrogen and oxygen atoms in total.